The molecule has 0 aliphatic heterocycles. The van der Waals surface area contributed by atoms with E-state index in [9.17, 15) is 8.42 Å². The van der Waals surface area contributed by atoms with E-state index in [1.165, 1.54) is 12.4 Å². The highest BCUT2D eigenvalue weighted by molar-refractivity contribution is 7.89. The van der Waals surface area contributed by atoms with E-state index < -0.39 is 10.0 Å². The molecule has 0 saturated heterocycles. The lowest BCUT2D eigenvalue weighted by Gasteiger charge is -2.34. The zero-order valence-corrected chi connectivity index (χ0v) is 11.0. The molecule has 0 spiro atoms. The maximum atomic E-state index is 12.0. The minimum absolute atomic E-state index is 0.0583. The van der Waals surface area contributed by atoms with E-state index in [4.69, 9.17) is 0 Å². The van der Waals surface area contributed by atoms with Gasteiger partial charge in [-0.3, -0.25) is 5.10 Å². The Labute approximate surface area is 102 Å². The lowest BCUT2D eigenvalue weighted by atomic mass is 9.76. The van der Waals surface area contributed by atoms with E-state index in [0.717, 1.165) is 25.7 Å². The summed E-state index contributed by atoms with van der Waals surface area (Å²) in [6, 6.07) is 0.0583. The van der Waals surface area contributed by atoms with Crippen molar-refractivity contribution in [2.24, 2.45) is 5.41 Å². The smallest absolute Gasteiger partial charge is 0.243 e. The average molecular weight is 257 g/mol. The molecule has 1 heterocycles. The molecule has 1 aromatic heterocycles. The maximum absolute atomic E-state index is 12.0. The summed E-state index contributed by atoms with van der Waals surface area (Å²) in [5, 5.41) is 6.18. The predicted molar refractivity (Wildman–Crippen MR) is 64.9 cm³/mol. The topological polar surface area (TPSA) is 74.8 Å². The number of hydrogen-bond acceptors (Lipinski definition) is 3. The van der Waals surface area contributed by atoms with Crippen molar-refractivity contribution in [1.82, 2.24) is 14.9 Å². The minimum Gasteiger partial charge on any atom is -0.284 e. The predicted octanol–water partition coefficient (Wildman–Crippen LogP) is 1.66. The fourth-order valence-electron chi connectivity index (χ4n) is 2.19. The summed E-state index contributed by atoms with van der Waals surface area (Å²) >= 11 is 0. The van der Waals surface area contributed by atoms with Gasteiger partial charge >= 0.3 is 0 Å². The molecule has 0 aromatic carbocycles. The van der Waals surface area contributed by atoms with Crippen LogP contribution < -0.4 is 4.72 Å². The first-order valence-corrected chi connectivity index (χ1v) is 7.38. The van der Waals surface area contributed by atoms with E-state index in [2.05, 4.69) is 28.8 Å². The molecule has 0 unspecified atom stereocenters. The van der Waals surface area contributed by atoms with E-state index in [-0.39, 0.29) is 10.9 Å². The van der Waals surface area contributed by atoms with Gasteiger partial charge < -0.3 is 0 Å². The van der Waals surface area contributed by atoms with Gasteiger partial charge in [0.15, 0.2) is 0 Å². The van der Waals surface area contributed by atoms with Gasteiger partial charge in [0.1, 0.15) is 4.90 Å². The van der Waals surface area contributed by atoms with Crippen molar-refractivity contribution in [3.8, 4) is 0 Å². The van der Waals surface area contributed by atoms with Crippen LogP contribution in [-0.2, 0) is 10.0 Å². The Hall–Kier alpha value is -0.880. The van der Waals surface area contributed by atoms with Crippen LogP contribution in [0, 0.1) is 5.41 Å². The van der Waals surface area contributed by atoms with Crippen molar-refractivity contribution < 1.29 is 8.42 Å². The second kappa shape index (κ2) is 4.42. The number of nitrogens with zero attached hydrogens (tertiary/aromatic N) is 1. The lowest BCUT2D eigenvalue weighted by Crippen LogP contribution is -2.39. The van der Waals surface area contributed by atoms with Crippen LogP contribution in [0.15, 0.2) is 17.3 Å². The molecule has 1 fully saturated rings. The van der Waals surface area contributed by atoms with Crippen LogP contribution in [-0.4, -0.2) is 24.7 Å². The highest BCUT2D eigenvalue weighted by Gasteiger charge is 2.29. The Balaban J connectivity index is 1.99. The highest BCUT2D eigenvalue weighted by atomic mass is 32.2. The Morgan fingerprint density at radius 3 is 2.59 bits per heavy atom. The van der Waals surface area contributed by atoms with Gasteiger partial charge in [0.05, 0.1) is 6.20 Å². The lowest BCUT2D eigenvalue weighted by molar-refractivity contribution is 0.218. The number of nitrogens with one attached hydrogen (secondary N) is 2. The molecule has 96 valence electrons. The zero-order valence-electron chi connectivity index (χ0n) is 10.2. The summed E-state index contributed by atoms with van der Waals surface area (Å²) in [5.41, 5.74) is 0.345. The van der Waals surface area contributed by atoms with E-state index >= 15 is 0 Å². The second-order valence-electron chi connectivity index (χ2n) is 5.49. The van der Waals surface area contributed by atoms with Crippen molar-refractivity contribution in [3.05, 3.63) is 12.4 Å². The van der Waals surface area contributed by atoms with Crippen LogP contribution in [0.25, 0.3) is 0 Å². The van der Waals surface area contributed by atoms with Crippen LogP contribution in [0.1, 0.15) is 39.5 Å². The third kappa shape index (κ3) is 3.07. The number of sulfonamides is 1. The molecular formula is C11H19N3O2S. The second-order valence-corrected chi connectivity index (χ2v) is 7.21. The Bertz CT molecular complexity index is 455. The molecule has 2 rings (SSSR count). The van der Waals surface area contributed by atoms with Crippen LogP contribution in [0.4, 0.5) is 0 Å². The first-order valence-electron chi connectivity index (χ1n) is 5.90. The molecule has 2 N–H and O–H groups in total. The molecule has 0 amide bonds. The molecule has 0 bridgehead atoms. The molecule has 0 atom stereocenters. The highest BCUT2D eigenvalue weighted by Crippen LogP contribution is 2.35. The SMILES string of the molecule is CC1(C)CCC(NS(=O)(=O)c2cn[nH]c2)CC1. The molecule has 1 aliphatic carbocycles. The molecule has 0 radical (unpaired) electrons. The summed E-state index contributed by atoms with van der Waals surface area (Å²) < 4.78 is 26.7. The van der Waals surface area contributed by atoms with Crippen molar-refractivity contribution in [3.63, 3.8) is 0 Å². The zero-order chi connectivity index (χ0) is 12.5. The maximum Gasteiger partial charge on any atom is 0.243 e. The number of hydrogen-bond donors (Lipinski definition) is 2. The standard InChI is InChI=1S/C11H19N3O2S/c1-11(2)5-3-9(4-6-11)14-17(15,16)10-7-12-13-8-10/h7-9,14H,3-6H2,1-2H3,(H,12,13). The van der Waals surface area contributed by atoms with Gasteiger partial charge in [-0.2, -0.15) is 5.10 Å². The van der Waals surface area contributed by atoms with Gasteiger partial charge in [-0.25, -0.2) is 13.1 Å². The van der Waals surface area contributed by atoms with E-state index in [1.807, 2.05) is 0 Å². The third-order valence-corrected chi connectivity index (χ3v) is 4.93. The van der Waals surface area contributed by atoms with Crippen molar-refractivity contribution >= 4 is 10.0 Å². The molecule has 1 aliphatic rings. The van der Waals surface area contributed by atoms with Crippen LogP contribution in [0.3, 0.4) is 0 Å². The molecular weight excluding hydrogens is 238 g/mol. The fraction of sp³-hybridized carbons (Fsp3) is 0.727. The summed E-state index contributed by atoms with van der Waals surface area (Å²) in [6.45, 7) is 4.46. The molecule has 1 saturated carbocycles. The monoisotopic (exact) mass is 257 g/mol. The van der Waals surface area contributed by atoms with Gasteiger partial charge in [-0.15, -0.1) is 0 Å². The summed E-state index contributed by atoms with van der Waals surface area (Å²) in [4.78, 5) is 0.210. The normalized spacial score (nSPS) is 21.5. The first kappa shape index (κ1) is 12.6. The van der Waals surface area contributed by atoms with E-state index in [0.29, 0.717) is 5.41 Å². The van der Waals surface area contributed by atoms with Gasteiger partial charge in [-0.1, -0.05) is 13.8 Å². The van der Waals surface area contributed by atoms with Crippen molar-refractivity contribution in [2.45, 2.75) is 50.5 Å². The average Bonchev–Trinajstić information content (AvgIpc) is 2.75. The molecule has 5 nitrogen and oxygen atoms in total. The van der Waals surface area contributed by atoms with Crippen molar-refractivity contribution in [2.75, 3.05) is 0 Å². The summed E-state index contributed by atoms with van der Waals surface area (Å²) in [5.74, 6) is 0. The van der Waals surface area contributed by atoms with Crippen molar-refractivity contribution in [1.29, 1.82) is 0 Å². The minimum atomic E-state index is -3.40. The third-order valence-electron chi connectivity index (χ3n) is 3.44. The Kier molecular flexibility index (Phi) is 3.27. The molecule has 1 aromatic rings. The van der Waals surface area contributed by atoms with Gasteiger partial charge in [0.25, 0.3) is 0 Å². The van der Waals surface area contributed by atoms with Crippen LogP contribution in [0.5, 0.6) is 0 Å². The fourth-order valence-corrected chi connectivity index (χ4v) is 3.40. The first-order chi connectivity index (χ1) is 7.89. The number of rotatable bonds is 3. The van der Waals surface area contributed by atoms with Crippen LogP contribution >= 0.6 is 0 Å². The largest absolute Gasteiger partial charge is 0.284 e. The number of aromatic amines is 1. The molecule has 6 heteroatoms. The van der Waals surface area contributed by atoms with E-state index in [1.54, 1.807) is 0 Å². The summed E-state index contributed by atoms with van der Waals surface area (Å²) in [7, 11) is -3.40. The van der Waals surface area contributed by atoms with Crippen LogP contribution in [0.2, 0.25) is 0 Å². The number of H-pyrrole nitrogens is 1. The number of aromatic nitrogens is 2. The van der Waals surface area contributed by atoms with Gasteiger partial charge in [0.2, 0.25) is 10.0 Å². The Morgan fingerprint density at radius 2 is 2.06 bits per heavy atom. The quantitative estimate of drug-likeness (QED) is 0.864. The summed E-state index contributed by atoms with van der Waals surface area (Å²) in [6.07, 6.45) is 6.66. The Morgan fingerprint density at radius 1 is 1.41 bits per heavy atom. The molecule has 17 heavy (non-hydrogen) atoms. The van der Waals surface area contributed by atoms with Gasteiger partial charge in [-0.05, 0) is 31.1 Å². The van der Waals surface area contributed by atoms with Gasteiger partial charge in [0, 0.05) is 12.2 Å².